The van der Waals surface area contributed by atoms with E-state index in [1.807, 2.05) is 12.1 Å². The van der Waals surface area contributed by atoms with Gasteiger partial charge in [-0.15, -0.1) is 5.10 Å². The molecule has 1 aliphatic heterocycles. The number of piperidine rings is 1. The Hall–Kier alpha value is -1.71. The zero-order chi connectivity index (χ0) is 12.7. The Morgan fingerprint density at radius 1 is 1.11 bits per heavy atom. The molecule has 0 radical (unpaired) electrons. The minimum atomic E-state index is 0.804. The maximum absolute atomic E-state index is 9.92. The first kappa shape index (κ1) is 11.4. The van der Waals surface area contributed by atoms with E-state index in [2.05, 4.69) is 23.8 Å². The second kappa shape index (κ2) is 4.19. The lowest BCUT2D eigenvalue weighted by atomic mass is 10.0. The summed E-state index contributed by atoms with van der Waals surface area (Å²) < 4.78 is 0. The molecule has 0 bridgehead atoms. The average Bonchev–Trinajstić information content (AvgIpc) is 2.73. The van der Waals surface area contributed by atoms with Crippen LogP contribution in [0.2, 0.25) is 0 Å². The van der Waals surface area contributed by atoms with E-state index in [4.69, 9.17) is 0 Å². The van der Waals surface area contributed by atoms with Crippen molar-refractivity contribution in [1.82, 2.24) is 9.94 Å². The maximum atomic E-state index is 9.92. The first-order valence-electron chi connectivity index (χ1n) is 6.61. The van der Waals surface area contributed by atoms with Gasteiger partial charge >= 0.3 is 0 Å². The first-order valence-corrected chi connectivity index (χ1v) is 6.61. The van der Waals surface area contributed by atoms with Gasteiger partial charge in [-0.25, -0.2) is 0 Å². The second-order valence-corrected chi connectivity index (χ2v) is 5.16. The summed E-state index contributed by atoms with van der Waals surface area (Å²) in [5.74, 6) is 0.938. The molecule has 2 heterocycles. The monoisotopic (exact) mass is 245 g/mol. The molecule has 4 nitrogen and oxygen atoms in total. The number of nitrogens with zero attached hydrogens (tertiary/aromatic N) is 3. The van der Waals surface area contributed by atoms with Crippen LogP contribution in [0.3, 0.4) is 0 Å². The Morgan fingerprint density at radius 2 is 1.83 bits per heavy atom. The number of benzene rings is 1. The van der Waals surface area contributed by atoms with Crippen LogP contribution in [0.1, 0.15) is 30.4 Å². The minimum absolute atomic E-state index is 0.804. The highest BCUT2D eigenvalue weighted by molar-refractivity contribution is 5.94. The molecule has 1 aromatic carbocycles. The molecule has 1 saturated heterocycles. The number of anilines is 1. The van der Waals surface area contributed by atoms with Crippen molar-refractivity contribution < 1.29 is 5.21 Å². The highest BCUT2D eigenvalue weighted by Crippen LogP contribution is 2.31. The lowest BCUT2D eigenvalue weighted by Crippen LogP contribution is -2.30. The van der Waals surface area contributed by atoms with Crippen molar-refractivity contribution in [2.75, 3.05) is 18.0 Å². The van der Waals surface area contributed by atoms with Gasteiger partial charge in [0.1, 0.15) is 5.52 Å². The third-order valence-electron chi connectivity index (χ3n) is 4.00. The summed E-state index contributed by atoms with van der Waals surface area (Å²) in [6, 6.07) is 3.98. The third-order valence-corrected chi connectivity index (χ3v) is 4.00. The molecule has 3 rings (SSSR count). The van der Waals surface area contributed by atoms with Gasteiger partial charge in [0.15, 0.2) is 5.82 Å². The van der Waals surface area contributed by atoms with Crippen molar-refractivity contribution in [1.29, 1.82) is 0 Å². The number of aromatic nitrogens is 2. The normalized spacial score (nSPS) is 16.4. The van der Waals surface area contributed by atoms with Crippen LogP contribution in [-0.4, -0.2) is 28.2 Å². The fourth-order valence-electron chi connectivity index (χ4n) is 2.77. The Morgan fingerprint density at radius 3 is 2.56 bits per heavy atom. The molecular weight excluding hydrogens is 226 g/mol. The zero-order valence-electron chi connectivity index (χ0n) is 11.0. The lowest BCUT2D eigenvalue weighted by molar-refractivity contribution is 0.161. The molecule has 0 amide bonds. The van der Waals surface area contributed by atoms with Crippen LogP contribution in [0.15, 0.2) is 12.1 Å². The van der Waals surface area contributed by atoms with E-state index in [0.717, 1.165) is 34.7 Å². The van der Waals surface area contributed by atoms with Gasteiger partial charge in [0.2, 0.25) is 0 Å². The fraction of sp³-hybridized carbons (Fsp3) is 0.500. The summed E-state index contributed by atoms with van der Waals surface area (Å²) in [6.07, 6.45) is 3.72. The predicted octanol–water partition coefficient (Wildman–Crippen LogP) is 2.88. The molecule has 1 aromatic heterocycles. The highest BCUT2D eigenvalue weighted by Gasteiger charge is 2.20. The number of aryl methyl sites for hydroxylation is 2. The summed E-state index contributed by atoms with van der Waals surface area (Å²) in [5.41, 5.74) is 3.26. The highest BCUT2D eigenvalue weighted by atomic mass is 16.5. The van der Waals surface area contributed by atoms with E-state index in [9.17, 15) is 5.21 Å². The fourth-order valence-corrected chi connectivity index (χ4v) is 2.77. The Labute approximate surface area is 107 Å². The van der Waals surface area contributed by atoms with E-state index in [1.165, 1.54) is 30.4 Å². The van der Waals surface area contributed by atoms with Gasteiger partial charge in [0, 0.05) is 13.1 Å². The number of rotatable bonds is 1. The van der Waals surface area contributed by atoms with Gasteiger partial charge < -0.3 is 10.1 Å². The number of hydrogen-bond donors (Lipinski definition) is 1. The first-order chi connectivity index (χ1) is 8.68. The minimum Gasteiger partial charge on any atom is -0.411 e. The standard InChI is InChI=1S/C14H19N3O/c1-10-6-7-12-13(11(10)2)14(15-17(12)18)16-8-4-3-5-9-16/h6-7,18H,3-5,8-9H2,1-2H3. The number of hydrogen-bond acceptors (Lipinski definition) is 3. The van der Waals surface area contributed by atoms with Crippen LogP contribution in [0.5, 0.6) is 0 Å². The Kier molecular flexibility index (Phi) is 2.65. The van der Waals surface area contributed by atoms with Crippen LogP contribution in [-0.2, 0) is 0 Å². The van der Waals surface area contributed by atoms with Crippen molar-refractivity contribution >= 4 is 16.7 Å². The molecule has 0 unspecified atom stereocenters. The van der Waals surface area contributed by atoms with Gasteiger partial charge in [0.25, 0.3) is 0 Å². The van der Waals surface area contributed by atoms with Crippen LogP contribution in [0.25, 0.3) is 10.9 Å². The molecule has 1 N–H and O–H groups in total. The molecule has 0 saturated carbocycles. The summed E-state index contributed by atoms with van der Waals surface area (Å²) in [4.78, 5) is 3.32. The molecular formula is C14H19N3O. The van der Waals surface area contributed by atoms with E-state index in [0.29, 0.717) is 0 Å². The topological polar surface area (TPSA) is 41.3 Å². The summed E-state index contributed by atoms with van der Waals surface area (Å²) >= 11 is 0. The van der Waals surface area contributed by atoms with Crippen molar-refractivity contribution in [3.63, 3.8) is 0 Å². The van der Waals surface area contributed by atoms with Gasteiger partial charge in [-0.05, 0) is 50.3 Å². The predicted molar refractivity (Wildman–Crippen MR) is 72.5 cm³/mol. The second-order valence-electron chi connectivity index (χ2n) is 5.16. The van der Waals surface area contributed by atoms with E-state index in [1.54, 1.807) is 0 Å². The van der Waals surface area contributed by atoms with Crippen LogP contribution >= 0.6 is 0 Å². The SMILES string of the molecule is Cc1ccc2c(c(N3CCCCC3)nn2O)c1C. The average molecular weight is 245 g/mol. The van der Waals surface area contributed by atoms with Crippen molar-refractivity contribution in [3.8, 4) is 0 Å². The summed E-state index contributed by atoms with van der Waals surface area (Å²) in [5, 5.41) is 15.3. The van der Waals surface area contributed by atoms with Crippen molar-refractivity contribution in [2.24, 2.45) is 0 Å². The van der Waals surface area contributed by atoms with Gasteiger partial charge in [0.05, 0.1) is 5.39 Å². The molecule has 18 heavy (non-hydrogen) atoms. The molecule has 96 valence electrons. The van der Waals surface area contributed by atoms with Gasteiger partial charge in [-0.3, -0.25) is 0 Å². The van der Waals surface area contributed by atoms with Gasteiger partial charge in [-0.2, -0.15) is 0 Å². The molecule has 0 atom stereocenters. The van der Waals surface area contributed by atoms with Crippen molar-refractivity contribution in [2.45, 2.75) is 33.1 Å². The quantitative estimate of drug-likeness (QED) is 0.785. The van der Waals surface area contributed by atoms with Crippen LogP contribution < -0.4 is 4.90 Å². The maximum Gasteiger partial charge on any atom is 0.162 e. The van der Waals surface area contributed by atoms with Crippen molar-refractivity contribution in [3.05, 3.63) is 23.3 Å². The van der Waals surface area contributed by atoms with E-state index >= 15 is 0 Å². The van der Waals surface area contributed by atoms with Gasteiger partial charge in [-0.1, -0.05) is 10.9 Å². The zero-order valence-corrected chi connectivity index (χ0v) is 11.0. The molecule has 1 fully saturated rings. The van der Waals surface area contributed by atoms with E-state index in [-0.39, 0.29) is 0 Å². The van der Waals surface area contributed by atoms with Crippen LogP contribution in [0.4, 0.5) is 5.82 Å². The number of fused-ring (bicyclic) bond motifs is 1. The summed E-state index contributed by atoms with van der Waals surface area (Å²) in [7, 11) is 0. The molecule has 0 spiro atoms. The van der Waals surface area contributed by atoms with E-state index < -0.39 is 0 Å². The smallest absolute Gasteiger partial charge is 0.162 e. The van der Waals surface area contributed by atoms with Crippen LogP contribution in [0, 0.1) is 13.8 Å². The third kappa shape index (κ3) is 1.64. The summed E-state index contributed by atoms with van der Waals surface area (Å²) in [6.45, 7) is 6.29. The molecule has 4 heteroatoms. The molecule has 1 aliphatic rings. The Bertz CT molecular complexity index is 582. The molecule has 2 aromatic rings. The Balaban J connectivity index is 2.19. The largest absolute Gasteiger partial charge is 0.411 e. The molecule has 0 aliphatic carbocycles. The lowest BCUT2D eigenvalue weighted by Gasteiger charge is -2.27.